The first-order valence-electron chi connectivity index (χ1n) is 7.90. The van der Waals surface area contributed by atoms with E-state index in [2.05, 4.69) is 4.90 Å². The third-order valence-electron chi connectivity index (χ3n) is 5.49. The molecule has 114 valence electrons. The third-order valence-corrected chi connectivity index (χ3v) is 5.49. The normalized spacial score (nSPS) is 34.9. The molecule has 2 heterocycles. The summed E-state index contributed by atoms with van der Waals surface area (Å²) in [5.74, 6) is -1.000. The lowest BCUT2D eigenvalue weighted by Crippen LogP contribution is -2.56. The molecule has 1 unspecified atom stereocenters. The second-order valence-corrected chi connectivity index (χ2v) is 6.33. The SMILES string of the molecule is CCC1(C(=O)O)CCCN1C1CCC2(CC1)OCCO2. The van der Waals surface area contributed by atoms with E-state index in [9.17, 15) is 9.90 Å². The van der Waals surface area contributed by atoms with Gasteiger partial charge in [-0.15, -0.1) is 0 Å². The summed E-state index contributed by atoms with van der Waals surface area (Å²) in [6, 6.07) is 0.368. The molecule has 0 bridgehead atoms. The van der Waals surface area contributed by atoms with Crippen molar-refractivity contribution in [3.63, 3.8) is 0 Å². The molecule has 1 atom stereocenters. The predicted octanol–water partition coefficient (Wildman–Crippen LogP) is 2.00. The second kappa shape index (κ2) is 5.28. The van der Waals surface area contributed by atoms with Gasteiger partial charge in [0.25, 0.3) is 0 Å². The molecule has 20 heavy (non-hydrogen) atoms. The Morgan fingerprint density at radius 1 is 1.25 bits per heavy atom. The fraction of sp³-hybridized carbons (Fsp3) is 0.933. The minimum absolute atomic E-state index is 0.353. The number of carboxylic acid groups (broad SMARTS) is 1. The molecule has 0 aromatic carbocycles. The molecule has 0 amide bonds. The van der Waals surface area contributed by atoms with E-state index < -0.39 is 11.5 Å². The Kier molecular flexibility index (Phi) is 3.77. The van der Waals surface area contributed by atoms with Crippen LogP contribution in [0, 0.1) is 0 Å². The topological polar surface area (TPSA) is 59.0 Å². The van der Waals surface area contributed by atoms with E-state index in [1.807, 2.05) is 6.92 Å². The van der Waals surface area contributed by atoms with Crippen LogP contribution in [-0.2, 0) is 14.3 Å². The number of hydrogen-bond donors (Lipinski definition) is 1. The number of carboxylic acids is 1. The summed E-state index contributed by atoms with van der Waals surface area (Å²) in [5.41, 5.74) is -0.632. The molecule has 0 aromatic heterocycles. The van der Waals surface area contributed by atoms with E-state index in [1.54, 1.807) is 0 Å². The lowest BCUT2D eigenvalue weighted by molar-refractivity contribution is -0.187. The van der Waals surface area contributed by atoms with Gasteiger partial charge in [0.15, 0.2) is 5.79 Å². The monoisotopic (exact) mass is 283 g/mol. The highest BCUT2D eigenvalue weighted by molar-refractivity contribution is 5.79. The van der Waals surface area contributed by atoms with Crippen molar-refractivity contribution in [2.45, 2.75) is 69.2 Å². The van der Waals surface area contributed by atoms with Crippen molar-refractivity contribution in [2.24, 2.45) is 0 Å². The molecule has 0 radical (unpaired) electrons. The van der Waals surface area contributed by atoms with Crippen molar-refractivity contribution >= 4 is 5.97 Å². The smallest absolute Gasteiger partial charge is 0.324 e. The molecule has 0 aromatic rings. The Morgan fingerprint density at radius 2 is 1.90 bits per heavy atom. The van der Waals surface area contributed by atoms with Gasteiger partial charge in [-0.2, -0.15) is 0 Å². The molecule has 3 rings (SSSR count). The van der Waals surface area contributed by atoms with E-state index in [1.165, 1.54) is 0 Å². The van der Waals surface area contributed by atoms with Crippen LogP contribution in [0.4, 0.5) is 0 Å². The minimum atomic E-state index is -0.647. The molecule has 5 heteroatoms. The number of ether oxygens (including phenoxy) is 2. The number of aliphatic carboxylic acids is 1. The zero-order valence-corrected chi connectivity index (χ0v) is 12.3. The van der Waals surface area contributed by atoms with Crippen LogP contribution in [0.25, 0.3) is 0 Å². The Morgan fingerprint density at radius 3 is 2.45 bits per heavy atom. The summed E-state index contributed by atoms with van der Waals surface area (Å²) >= 11 is 0. The van der Waals surface area contributed by atoms with Crippen molar-refractivity contribution in [1.82, 2.24) is 4.90 Å². The molecule has 3 aliphatic rings. The van der Waals surface area contributed by atoms with Crippen LogP contribution in [0.5, 0.6) is 0 Å². The van der Waals surface area contributed by atoms with E-state index >= 15 is 0 Å². The van der Waals surface area contributed by atoms with Gasteiger partial charge >= 0.3 is 5.97 Å². The van der Waals surface area contributed by atoms with Gasteiger partial charge in [-0.3, -0.25) is 9.69 Å². The molecule has 2 saturated heterocycles. The highest BCUT2D eigenvalue weighted by Crippen LogP contribution is 2.42. The zero-order chi connectivity index (χ0) is 14.2. The second-order valence-electron chi connectivity index (χ2n) is 6.33. The van der Waals surface area contributed by atoms with Crippen LogP contribution in [-0.4, -0.2) is 53.1 Å². The largest absolute Gasteiger partial charge is 0.480 e. The van der Waals surface area contributed by atoms with Gasteiger partial charge < -0.3 is 14.6 Å². The number of rotatable bonds is 3. The molecule has 1 spiro atoms. The average molecular weight is 283 g/mol. The lowest BCUT2D eigenvalue weighted by Gasteiger charge is -2.44. The van der Waals surface area contributed by atoms with Crippen molar-refractivity contribution in [2.75, 3.05) is 19.8 Å². The number of nitrogens with zero attached hydrogens (tertiary/aromatic N) is 1. The molecular weight excluding hydrogens is 258 g/mol. The fourth-order valence-electron chi connectivity index (χ4n) is 4.33. The molecular formula is C15H25NO4. The van der Waals surface area contributed by atoms with Crippen LogP contribution in [0.3, 0.4) is 0 Å². The maximum absolute atomic E-state index is 11.8. The molecule has 1 saturated carbocycles. The average Bonchev–Trinajstić information content (AvgIpc) is 3.07. The first-order valence-corrected chi connectivity index (χ1v) is 7.90. The Hall–Kier alpha value is -0.650. The predicted molar refractivity (Wildman–Crippen MR) is 73.5 cm³/mol. The number of likely N-dealkylation sites (tertiary alicyclic amines) is 1. The maximum Gasteiger partial charge on any atom is 0.324 e. The maximum atomic E-state index is 11.8. The van der Waals surface area contributed by atoms with Gasteiger partial charge in [0.05, 0.1) is 13.2 Å². The van der Waals surface area contributed by atoms with Crippen molar-refractivity contribution in [3.8, 4) is 0 Å². The van der Waals surface area contributed by atoms with Crippen LogP contribution < -0.4 is 0 Å². The Bertz CT molecular complexity index is 370. The first-order chi connectivity index (χ1) is 9.62. The minimum Gasteiger partial charge on any atom is -0.480 e. The van der Waals surface area contributed by atoms with E-state index in [4.69, 9.17) is 9.47 Å². The van der Waals surface area contributed by atoms with Crippen molar-refractivity contribution in [1.29, 1.82) is 0 Å². The lowest BCUT2D eigenvalue weighted by atomic mass is 9.85. The van der Waals surface area contributed by atoms with Gasteiger partial charge in [-0.05, 0) is 38.6 Å². The third kappa shape index (κ3) is 2.16. The van der Waals surface area contributed by atoms with Gasteiger partial charge in [0, 0.05) is 18.9 Å². The highest BCUT2D eigenvalue weighted by atomic mass is 16.7. The molecule has 1 aliphatic carbocycles. The van der Waals surface area contributed by atoms with E-state index in [-0.39, 0.29) is 5.79 Å². The van der Waals surface area contributed by atoms with Crippen molar-refractivity contribution in [3.05, 3.63) is 0 Å². The first kappa shape index (κ1) is 14.3. The summed E-state index contributed by atoms with van der Waals surface area (Å²) in [4.78, 5) is 14.0. The summed E-state index contributed by atoms with van der Waals surface area (Å²) in [6.45, 7) is 4.31. The number of hydrogen-bond acceptors (Lipinski definition) is 4. The van der Waals surface area contributed by atoms with Crippen LogP contribution in [0.2, 0.25) is 0 Å². The van der Waals surface area contributed by atoms with Crippen LogP contribution in [0.1, 0.15) is 51.9 Å². The quantitative estimate of drug-likeness (QED) is 0.858. The van der Waals surface area contributed by atoms with Gasteiger partial charge in [-0.1, -0.05) is 6.92 Å². The molecule has 1 N–H and O–H groups in total. The van der Waals surface area contributed by atoms with Crippen LogP contribution in [0.15, 0.2) is 0 Å². The molecule has 5 nitrogen and oxygen atoms in total. The molecule has 2 aliphatic heterocycles. The van der Waals surface area contributed by atoms with Gasteiger partial charge in [-0.25, -0.2) is 0 Å². The van der Waals surface area contributed by atoms with Crippen molar-refractivity contribution < 1.29 is 19.4 Å². The summed E-state index contributed by atoms with van der Waals surface area (Å²) in [6.07, 6.45) is 6.23. The highest BCUT2D eigenvalue weighted by Gasteiger charge is 2.51. The van der Waals surface area contributed by atoms with E-state index in [0.29, 0.717) is 25.7 Å². The van der Waals surface area contributed by atoms with E-state index in [0.717, 1.165) is 45.1 Å². The number of carbonyl (C=O) groups is 1. The summed E-state index contributed by atoms with van der Waals surface area (Å²) in [7, 11) is 0. The van der Waals surface area contributed by atoms with Gasteiger partial charge in [0.2, 0.25) is 0 Å². The summed E-state index contributed by atoms with van der Waals surface area (Å²) in [5, 5.41) is 9.68. The molecule has 3 fully saturated rings. The standard InChI is InChI=1S/C15H25NO4/c1-2-14(13(17)18)6-3-9-16(14)12-4-7-15(8-5-12)19-10-11-20-15/h12H,2-11H2,1H3,(H,17,18). The Balaban J connectivity index is 1.69. The van der Waals surface area contributed by atoms with Gasteiger partial charge in [0.1, 0.15) is 5.54 Å². The Labute approximate surface area is 120 Å². The zero-order valence-electron chi connectivity index (χ0n) is 12.3. The summed E-state index contributed by atoms with van der Waals surface area (Å²) < 4.78 is 11.5. The fourth-order valence-corrected chi connectivity index (χ4v) is 4.33. The van der Waals surface area contributed by atoms with Crippen LogP contribution >= 0.6 is 0 Å².